The summed E-state index contributed by atoms with van der Waals surface area (Å²) in [5.74, 6) is 0.603. The summed E-state index contributed by atoms with van der Waals surface area (Å²) in [5.41, 5.74) is 0.623. The molecule has 1 unspecified atom stereocenters. The van der Waals surface area contributed by atoms with E-state index in [1.54, 1.807) is 0 Å². The van der Waals surface area contributed by atoms with Gasteiger partial charge in [-0.05, 0) is 25.0 Å². The van der Waals surface area contributed by atoms with Gasteiger partial charge in [0, 0.05) is 17.1 Å². The fourth-order valence-corrected chi connectivity index (χ4v) is 1.79. The van der Waals surface area contributed by atoms with Gasteiger partial charge in [-0.3, -0.25) is 4.79 Å². The number of nitrogens with zero attached hydrogens (tertiary/aromatic N) is 1. The Kier molecular flexibility index (Phi) is 4.55. The third-order valence-corrected chi connectivity index (χ3v) is 3.27. The van der Waals surface area contributed by atoms with Crippen LogP contribution in [-0.2, 0) is 4.79 Å². The van der Waals surface area contributed by atoms with Gasteiger partial charge >= 0.3 is 0 Å². The minimum atomic E-state index is -0.362. The predicted molar refractivity (Wildman–Crippen MR) is 77.7 cm³/mol. The maximum Gasteiger partial charge on any atom is 0.232 e. The van der Waals surface area contributed by atoms with Crippen LogP contribution in [0.4, 0.5) is 5.69 Å². The summed E-state index contributed by atoms with van der Waals surface area (Å²) < 4.78 is 0. The lowest BCUT2D eigenvalue weighted by atomic mass is 9.92. The quantitative estimate of drug-likeness (QED) is 0.787. The molecule has 0 aliphatic rings. The van der Waals surface area contributed by atoms with E-state index < -0.39 is 0 Å². The van der Waals surface area contributed by atoms with Crippen molar-refractivity contribution in [2.45, 2.75) is 47.6 Å². The predicted octanol–water partition coefficient (Wildman–Crippen LogP) is 4.11. The highest BCUT2D eigenvalue weighted by Gasteiger charge is 2.32. The molecule has 100 valence electrons. The third-order valence-electron chi connectivity index (χ3n) is 3.27. The van der Waals surface area contributed by atoms with Crippen LogP contribution in [0.15, 0.2) is 30.3 Å². The van der Waals surface area contributed by atoms with Gasteiger partial charge in [0.25, 0.3) is 0 Å². The average Bonchev–Trinajstić information content (AvgIpc) is 2.29. The van der Waals surface area contributed by atoms with Gasteiger partial charge in [-0.1, -0.05) is 52.8 Å². The van der Waals surface area contributed by atoms with E-state index in [0.717, 1.165) is 5.69 Å². The van der Waals surface area contributed by atoms with Crippen molar-refractivity contribution in [3.05, 3.63) is 30.3 Å². The molecule has 1 rings (SSSR count). The van der Waals surface area contributed by atoms with Crippen molar-refractivity contribution in [2.75, 3.05) is 4.90 Å². The number of carbonyl (C=O) groups excluding carboxylic acids is 1. The first-order chi connectivity index (χ1) is 8.25. The first-order valence-electron chi connectivity index (χ1n) is 6.64. The maximum absolute atomic E-state index is 12.6. The minimum Gasteiger partial charge on any atom is -0.309 e. The normalized spacial score (nSPS) is 13.5. The molecule has 0 N–H and O–H groups in total. The Bertz CT molecular complexity index is 389. The molecule has 0 radical (unpaired) electrons. The molecule has 2 heteroatoms. The Balaban J connectivity index is 3.16. The Morgan fingerprint density at radius 1 is 1.06 bits per heavy atom. The van der Waals surface area contributed by atoms with E-state index in [4.69, 9.17) is 0 Å². The van der Waals surface area contributed by atoms with Crippen molar-refractivity contribution in [3.63, 3.8) is 0 Å². The summed E-state index contributed by atoms with van der Waals surface area (Å²) in [7, 11) is 0. The Hall–Kier alpha value is -1.31. The molecule has 1 aromatic carbocycles. The second-order valence-electron chi connectivity index (χ2n) is 6.25. The van der Waals surface area contributed by atoms with E-state index in [2.05, 4.69) is 20.8 Å². The van der Waals surface area contributed by atoms with Crippen molar-refractivity contribution < 1.29 is 4.79 Å². The molecule has 0 saturated carbocycles. The maximum atomic E-state index is 12.6. The van der Waals surface area contributed by atoms with E-state index in [0.29, 0.717) is 5.92 Å². The SMILES string of the molecule is CC(C)C(C)N(C(=O)C(C)(C)C)c1ccccc1. The zero-order chi connectivity index (χ0) is 13.9. The number of benzene rings is 1. The van der Waals surface area contributed by atoms with Crippen molar-refractivity contribution in [1.82, 2.24) is 0 Å². The molecule has 0 aliphatic carbocycles. The Morgan fingerprint density at radius 2 is 1.56 bits per heavy atom. The largest absolute Gasteiger partial charge is 0.309 e. The lowest BCUT2D eigenvalue weighted by molar-refractivity contribution is -0.126. The van der Waals surface area contributed by atoms with Gasteiger partial charge in [0.1, 0.15) is 0 Å². The average molecular weight is 247 g/mol. The zero-order valence-electron chi connectivity index (χ0n) is 12.4. The van der Waals surface area contributed by atoms with Crippen LogP contribution in [0.3, 0.4) is 0 Å². The van der Waals surface area contributed by atoms with Crippen molar-refractivity contribution in [2.24, 2.45) is 11.3 Å². The Labute approximate surface area is 111 Å². The van der Waals surface area contributed by atoms with E-state index >= 15 is 0 Å². The van der Waals surface area contributed by atoms with Crippen LogP contribution in [0.25, 0.3) is 0 Å². The summed E-state index contributed by atoms with van der Waals surface area (Å²) in [6, 6.07) is 10.1. The molecule has 1 amide bonds. The number of anilines is 1. The van der Waals surface area contributed by atoms with Gasteiger partial charge in [0.15, 0.2) is 0 Å². The van der Waals surface area contributed by atoms with Crippen LogP contribution < -0.4 is 4.90 Å². The molecule has 18 heavy (non-hydrogen) atoms. The highest BCUT2D eigenvalue weighted by atomic mass is 16.2. The summed E-state index contributed by atoms with van der Waals surface area (Å²) >= 11 is 0. The molecule has 0 fully saturated rings. The fourth-order valence-electron chi connectivity index (χ4n) is 1.79. The first kappa shape index (κ1) is 14.7. The van der Waals surface area contributed by atoms with Crippen LogP contribution in [0.2, 0.25) is 0 Å². The highest BCUT2D eigenvalue weighted by Crippen LogP contribution is 2.27. The molecular weight excluding hydrogens is 222 g/mol. The number of rotatable bonds is 3. The first-order valence-corrected chi connectivity index (χ1v) is 6.64. The van der Waals surface area contributed by atoms with Crippen LogP contribution in [0.1, 0.15) is 41.5 Å². The molecule has 0 aromatic heterocycles. The van der Waals surface area contributed by atoms with Crippen LogP contribution in [0.5, 0.6) is 0 Å². The number of hydrogen-bond acceptors (Lipinski definition) is 1. The lowest BCUT2D eigenvalue weighted by Gasteiger charge is -2.36. The van der Waals surface area contributed by atoms with Gasteiger partial charge in [-0.2, -0.15) is 0 Å². The van der Waals surface area contributed by atoms with Crippen molar-refractivity contribution in [1.29, 1.82) is 0 Å². The fraction of sp³-hybridized carbons (Fsp3) is 0.562. The molecule has 0 saturated heterocycles. The van der Waals surface area contributed by atoms with E-state index in [1.165, 1.54) is 0 Å². The van der Waals surface area contributed by atoms with Gasteiger partial charge in [-0.25, -0.2) is 0 Å². The number of para-hydroxylation sites is 1. The molecule has 0 bridgehead atoms. The molecule has 1 atom stereocenters. The molecule has 2 nitrogen and oxygen atoms in total. The standard InChI is InChI=1S/C16H25NO/c1-12(2)13(3)17(15(18)16(4,5)6)14-10-8-7-9-11-14/h7-13H,1-6H3. The number of carbonyl (C=O) groups is 1. The second kappa shape index (κ2) is 5.55. The minimum absolute atomic E-state index is 0.176. The topological polar surface area (TPSA) is 20.3 Å². The lowest BCUT2D eigenvalue weighted by Crippen LogP contribution is -2.47. The number of hydrogen-bond donors (Lipinski definition) is 0. The van der Waals surface area contributed by atoms with Gasteiger partial charge < -0.3 is 4.90 Å². The van der Waals surface area contributed by atoms with Gasteiger partial charge in [-0.15, -0.1) is 0 Å². The van der Waals surface area contributed by atoms with Crippen LogP contribution in [-0.4, -0.2) is 11.9 Å². The summed E-state index contributed by atoms with van der Waals surface area (Å²) in [6.45, 7) is 12.3. The van der Waals surface area contributed by atoms with Crippen LogP contribution >= 0.6 is 0 Å². The van der Waals surface area contributed by atoms with Gasteiger partial charge in [0.2, 0.25) is 5.91 Å². The summed E-state index contributed by atoms with van der Waals surface area (Å²) in [5, 5.41) is 0. The molecule has 0 heterocycles. The van der Waals surface area contributed by atoms with Crippen LogP contribution in [0, 0.1) is 11.3 Å². The monoisotopic (exact) mass is 247 g/mol. The van der Waals surface area contributed by atoms with E-state index in [9.17, 15) is 4.79 Å². The van der Waals surface area contributed by atoms with E-state index in [-0.39, 0.29) is 17.4 Å². The van der Waals surface area contributed by atoms with Crippen molar-refractivity contribution in [3.8, 4) is 0 Å². The smallest absolute Gasteiger partial charge is 0.232 e. The summed E-state index contributed by atoms with van der Waals surface area (Å²) in [6.07, 6.45) is 0. The molecule has 1 aromatic rings. The Morgan fingerprint density at radius 3 is 1.94 bits per heavy atom. The van der Waals surface area contributed by atoms with Gasteiger partial charge in [0.05, 0.1) is 0 Å². The number of amides is 1. The summed E-state index contributed by atoms with van der Waals surface area (Å²) in [4.78, 5) is 14.6. The second-order valence-corrected chi connectivity index (χ2v) is 6.25. The highest BCUT2D eigenvalue weighted by molar-refractivity contribution is 5.97. The third kappa shape index (κ3) is 3.34. The zero-order valence-corrected chi connectivity index (χ0v) is 12.4. The van der Waals surface area contributed by atoms with E-state index in [1.807, 2.05) is 56.0 Å². The molecule has 0 spiro atoms. The van der Waals surface area contributed by atoms with Crippen molar-refractivity contribution >= 4 is 11.6 Å². The molecule has 0 aliphatic heterocycles. The molecular formula is C16H25NO.